The van der Waals surface area contributed by atoms with Crippen molar-refractivity contribution in [1.29, 1.82) is 5.26 Å². The van der Waals surface area contributed by atoms with Gasteiger partial charge in [0.1, 0.15) is 24.1 Å². The van der Waals surface area contributed by atoms with Gasteiger partial charge in [-0.3, -0.25) is 4.79 Å². The first kappa shape index (κ1) is 43.4. The van der Waals surface area contributed by atoms with Gasteiger partial charge < -0.3 is 34.5 Å². The fourth-order valence-electron chi connectivity index (χ4n) is 10.2. The van der Waals surface area contributed by atoms with Crippen LogP contribution in [-0.4, -0.2) is 63.5 Å². The van der Waals surface area contributed by atoms with Gasteiger partial charge in [0.15, 0.2) is 0 Å². The maximum atomic E-state index is 15.5. The summed E-state index contributed by atoms with van der Waals surface area (Å²) in [6.45, 7) is 4.75. The predicted octanol–water partition coefficient (Wildman–Crippen LogP) is 9.59. The summed E-state index contributed by atoms with van der Waals surface area (Å²) in [4.78, 5) is 23.6. The van der Waals surface area contributed by atoms with Crippen LogP contribution in [0.5, 0.6) is 11.5 Å². The van der Waals surface area contributed by atoms with E-state index in [1.54, 1.807) is 48.5 Å². The van der Waals surface area contributed by atoms with Crippen molar-refractivity contribution in [1.82, 2.24) is 4.90 Å². The summed E-state index contributed by atoms with van der Waals surface area (Å²) in [5.41, 5.74) is 5.16. The lowest BCUT2D eigenvalue weighted by molar-refractivity contribution is -0.255. The van der Waals surface area contributed by atoms with Crippen molar-refractivity contribution < 1.29 is 34.4 Å². The third kappa shape index (κ3) is 9.00. The zero-order chi connectivity index (χ0) is 43.8. The highest BCUT2D eigenvalue weighted by Crippen LogP contribution is 2.62. The fraction of sp³-hybridized carbons (Fsp3) is 0.340. The Morgan fingerprint density at radius 3 is 2.43 bits per heavy atom. The molecule has 5 aromatic carbocycles. The molecule has 1 heterocycles. The zero-order valence-electron chi connectivity index (χ0n) is 35.5. The second-order valence-electron chi connectivity index (χ2n) is 16.8. The number of rotatable bonds is 18. The number of aliphatic hydroxyl groups excluding tert-OH is 2. The minimum Gasteiger partial charge on any atom is -0.508 e. The summed E-state index contributed by atoms with van der Waals surface area (Å²) in [5.74, 6) is -1.87. The number of phenols is 1. The Balaban J connectivity index is 1.37. The van der Waals surface area contributed by atoms with Gasteiger partial charge in [-0.05, 0) is 107 Å². The number of amides is 1. The molecule has 10 heteroatoms. The van der Waals surface area contributed by atoms with Crippen LogP contribution in [0.3, 0.4) is 0 Å². The van der Waals surface area contributed by atoms with Crippen molar-refractivity contribution in [2.75, 3.05) is 19.8 Å². The third-order valence-corrected chi connectivity index (χ3v) is 13.0. The number of nitrogens with zero attached hydrogens (tertiary/aromatic N) is 3. The van der Waals surface area contributed by atoms with Gasteiger partial charge in [0.25, 0.3) is 5.91 Å². The SMILES string of the molecule is C=CCO[C@@]12Oc3ccc(O)cc3[C@H]3[C@H](CCCCO)[C@@H](CCCCO)C=C(C(=NOCc4ccccc4)C[C@@H]1N(Cc1cccc4ccccc14)C(=O)c1ccc(C#N)cc1)[C@H]32. The molecular weight excluding hydrogens is 791 g/mol. The number of aliphatic hydroxyl groups is 2. The van der Waals surface area contributed by atoms with Crippen molar-refractivity contribution in [3.8, 4) is 17.6 Å². The summed E-state index contributed by atoms with van der Waals surface area (Å²) in [6.07, 6.45) is 8.66. The van der Waals surface area contributed by atoms with Crippen LogP contribution in [0.15, 0.2) is 145 Å². The van der Waals surface area contributed by atoms with Crippen LogP contribution in [0.1, 0.15) is 83.5 Å². The van der Waals surface area contributed by atoms with E-state index >= 15 is 4.79 Å². The summed E-state index contributed by atoms with van der Waals surface area (Å²) in [7, 11) is 0. The van der Waals surface area contributed by atoms with E-state index in [1.807, 2.05) is 59.5 Å². The molecule has 3 aliphatic rings. The van der Waals surface area contributed by atoms with Crippen molar-refractivity contribution >= 4 is 22.4 Å². The van der Waals surface area contributed by atoms with E-state index in [0.29, 0.717) is 35.4 Å². The molecule has 3 N–H and O–H groups in total. The van der Waals surface area contributed by atoms with Gasteiger partial charge in [0, 0.05) is 43.2 Å². The van der Waals surface area contributed by atoms with E-state index in [0.717, 1.165) is 58.7 Å². The molecule has 0 radical (unpaired) electrons. The number of phenolic OH excluding ortho intramolecular Hbond substituents is 1. The smallest absolute Gasteiger partial charge is 0.254 e. The molecule has 6 atom stereocenters. The summed E-state index contributed by atoms with van der Waals surface area (Å²) < 4.78 is 14.5. The van der Waals surface area contributed by atoms with Gasteiger partial charge in [-0.15, -0.1) is 6.58 Å². The molecular formula is C53H55N3O7. The van der Waals surface area contributed by atoms with Crippen molar-refractivity contribution in [3.63, 3.8) is 0 Å². The lowest BCUT2D eigenvalue weighted by Gasteiger charge is -2.60. The fourth-order valence-corrected chi connectivity index (χ4v) is 10.2. The number of oxime groups is 1. The Morgan fingerprint density at radius 1 is 0.921 bits per heavy atom. The van der Waals surface area contributed by atoms with Crippen molar-refractivity contribution in [3.05, 3.63) is 167 Å². The van der Waals surface area contributed by atoms with Crippen LogP contribution in [-0.2, 0) is 22.7 Å². The number of allylic oxidation sites excluding steroid dienone is 1. The molecule has 0 bridgehead atoms. The summed E-state index contributed by atoms with van der Waals surface area (Å²) in [5, 5.41) is 47.7. The first-order valence-corrected chi connectivity index (χ1v) is 22.1. The van der Waals surface area contributed by atoms with E-state index in [1.165, 1.54) is 0 Å². The molecule has 5 aromatic rings. The zero-order valence-corrected chi connectivity index (χ0v) is 35.5. The van der Waals surface area contributed by atoms with E-state index in [9.17, 15) is 20.6 Å². The number of carbonyl (C=O) groups is 1. The highest BCUT2D eigenvalue weighted by Gasteiger charge is 2.65. The maximum Gasteiger partial charge on any atom is 0.254 e. The normalized spacial score (nSPS) is 22.8. The van der Waals surface area contributed by atoms with Crippen molar-refractivity contribution in [2.24, 2.45) is 22.9 Å². The van der Waals surface area contributed by atoms with E-state index < -0.39 is 17.7 Å². The lowest BCUT2D eigenvalue weighted by Crippen LogP contribution is -2.70. The first-order chi connectivity index (χ1) is 30.9. The minimum atomic E-state index is -1.49. The molecule has 0 saturated heterocycles. The molecule has 63 heavy (non-hydrogen) atoms. The Hall–Kier alpha value is -6.25. The Morgan fingerprint density at radius 2 is 1.67 bits per heavy atom. The molecule has 10 nitrogen and oxygen atoms in total. The van der Waals surface area contributed by atoms with Gasteiger partial charge >= 0.3 is 0 Å². The lowest BCUT2D eigenvalue weighted by atomic mass is 9.55. The summed E-state index contributed by atoms with van der Waals surface area (Å²) in [6, 6.07) is 37.4. The molecule has 0 unspecified atom stereocenters. The Kier molecular flexibility index (Phi) is 13.7. The highest BCUT2D eigenvalue weighted by molar-refractivity contribution is 6.03. The molecule has 8 rings (SSSR count). The molecule has 1 saturated carbocycles. The monoisotopic (exact) mass is 845 g/mol. The number of fused-ring (bicyclic) bond motifs is 3. The number of hydrogen-bond acceptors (Lipinski definition) is 9. The molecule has 0 aromatic heterocycles. The predicted molar refractivity (Wildman–Crippen MR) is 243 cm³/mol. The standard InChI is InChI=1S/C53H55N3O7/c1-2-29-61-53-49(56(52(60)39-23-21-36(33-54)22-24-39)34-41-18-12-17-38-15-6-7-19-43(38)41)32-47(55-62-35-37-13-4-3-5-14-37)45-30-40(16-8-10-27-57)44(20-9-11-28-58)50(51(45)53)46-31-42(59)25-26-48(46)63-53/h2-7,12-15,17-19,21-26,30-31,40,44,49-51,57-59H,1,8-11,16,20,27-29,32,34-35H2/t40-,44+,49-,50+,51+,53+/m0/s1. The van der Waals surface area contributed by atoms with Crippen LogP contribution in [0.4, 0.5) is 0 Å². The number of carbonyl (C=O) groups excluding carboxylic acids is 1. The van der Waals surface area contributed by atoms with Gasteiger partial charge in [-0.1, -0.05) is 103 Å². The molecule has 2 aliphatic carbocycles. The topological polar surface area (TPSA) is 145 Å². The van der Waals surface area contributed by atoms with Crippen LogP contribution in [0, 0.1) is 29.1 Å². The molecule has 324 valence electrons. The van der Waals surface area contributed by atoms with E-state index in [2.05, 4.69) is 36.9 Å². The van der Waals surface area contributed by atoms with Crippen LogP contribution in [0.25, 0.3) is 10.8 Å². The number of benzene rings is 5. The largest absolute Gasteiger partial charge is 0.508 e. The van der Waals surface area contributed by atoms with Crippen LogP contribution < -0.4 is 4.74 Å². The van der Waals surface area contributed by atoms with Crippen molar-refractivity contribution in [2.45, 2.75) is 75.8 Å². The van der Waals surface area contributed by atoms with E-state index in [4.69, 9.17) is 19.5 Å². The number of hydrogen-bond donors (Lipinski definition) is 3. The number of nitriles is 1. The summed E-state index contributed by atoms with van der Waals surface area (Å²) >= 11 is 0. The van der Waals surface area contributed by atoms with E-state index in [-0.39, 0.29) is 68.8 Å². The first-order valence-electron chi connectivity index (χ1n) is 22.1. The number of aromatic hydroxyl groups is 1. The highest BCUT2D eigenvalue weighted by atomic mass is 16.7. The quantitative estimate of drug-likeness (QED) is 0.0450. The Bertz CT molecular complexity index is 2490. The Labute approximate surface area is 369 Å². The average Bonchev–Trinajstić information content (AvgIpc) is 3.32. The number of unbranched alkanes of at least 4 members (excludes halogenated alkanes) is 2. The van der Waals surface area contributed by atoms with Gasteiger partial charge in [0.2, 0.25) is 5.79 Å². The second kappa shape index (κ2) is 19.9. The minimum absolute atomic E-state index is 0.00568. The molecule has 1 fully saturated rings. The number of ether oxygens (including phenoxy) is 2. The van der Waals surface area contributed by atoms with Crippen LogP contribution in [0.2, 0.25) is 0 Å². The molecule has 0 spiro atoms. The molecule has 1 amide bonds. The molecule has 1 aliphatic heterocycles. The van der Waals surface area contributed by atoms with Gasteiger partial charge in [0.05, 0.1) is 29.9 Å². The maximum absolute atomic E-state index is 15.5. The second-order valence-corrected chi connectivity index (χ2v) is 16.8. The van der Waals surface area contributed by atoms with Gasteiger partial charge in [-0.2, -0.15) is 5.26 Å². The van der Waals surface area contributed by atoms with Crippen LogP contribution >= 0.6 is 0 Å². The van der Waals surface area contributed by atoms with Gasteiger partial charge in [-0.25, -0.2) is 0 Å². The average molecular weight is 846 g/mol. The third-order valence-electron chi connectivity index (χ3n) is 13.0.